The fraction of sp³-hybridized carbons (Fsp3) is 0.600. The van der Waals surface area contributed by atoms with Gasteiger partial charge in [0.15, 0.2) is 0 Å². The standard InChI is InChI=1S/C15H23Br2NO2/c1-15(2,3)13(5-6-19)18-9-10-7-11(16)14(20-4)12(17)8-10/h7-8,13,18-19H,5-6,9H2,1-4H3. The Kier molecular flexibility index (Phi) is 6.98. The largest absolute Gasteiger partial charge is 0.494 e. The molecule has 0 heterocycles. The summed E-state index contributed by atoms with van der Waals surface area (Å²) in [7, 11) is 1.65. The SMILES string of the molecule is COc1c(Br)cc(CNC(CCO)C(C)(C)C)cc1Br. The number of hydrogen-bond donors (Lipinski definition) is 2. The topological polar surface area (TPSA) is 41.5 Å². The second kappa shape index (κ2) is 7.78. The van der Waals surface area contributed by atoms with Crippen LogP contribution in [0, 0.1) is 5.41 Å². The van der Waals surface area contributed by atoms with Crippen LogP contribution in [-0.2, 0) is 6.54 Å². The van der Waals surface area contributed by atoms with Crippen LogP contribution in [0.2, 0.25) is 0 Å². The summed E-state index contributed by atoms with van der Waals surface area (Å²) in [6.45, 7) is 7.49. The van der Waals surface area contributed by atoms with Gasteiger partial charge in [-0.1, -0.05) is 20.8 Å². The fourth-order valence-electron chi connectivity index (χ4n) is 2.12. The predicted octanol–water partition coefficient (Wildman–Crippen LogP) is 4.11. The van der Waals surface area contributed by atoms with E-state index >= 15 is 0 Å². The summed E-state index contributed by atoms with van der Waals surface area (Å²) in [5.74, 6) is 0.802. The minimum atomic E-state index is 0.115. The van der Waals surface area contributed by atoms with Crippen LogP contribution in [0.4, 0.5) is 0 Å². The first-order valence-electron chi connectivity index (χ1n) is 6.65. The Bertz CT molecular complexity index is 421. The van der Waals surface area contributed by atoms with E-state index in [9.17, 15) is 5.11 Å². The molecule has 0 aliphatic rings. The summed E-state index contributed by atoms with van der Waals surface area (Å²) in [5, 5.41) is 12.7. The van der Waals surface area contributed by atoms with Crippen LogP contribution < -0.4 is 10.1 Å². The molecule has 0 spiro atoms. The van der Waals surface area contributed by atoms with E-state index < -0.39 is 0 Å². The molecule has 2 N–H and O–H groups in total. The highest BCUT2D eigenvalue weighted by atomic mass is 79.9. The molecule has 1 aromatic carbocycles. The Labute approximate surface area is 138 Å². The molecule has 1 aromatic rings. The second-order valence-electron chi connectivity index (χ2n) is 5.90. The molecule has 0 aromatic heterocycles. The van der Waals surface area contributed by atoms with Gasteiger partial charge in [-0.15, -0.1) is 0 Å². The number of nitrogens with one attached hydrogen (secondary N) is 1. The summed E-state index contributed by atoms with van der Waals surface area (Å²) in [6, 6.07) is 4.37. The van der Waals surface area contributed by atoms with E-state index in [1.165, 1.54) is 0 Å². The third kappa shape index (κ3) is 5.02. The molecule has 1 unspecified atom stereocenters. The minimum Gasteiger partial charge on any atom is -0.494 e. The molecule has 0 aliphatic heterocycles. The highest BCUT2D eigenvalue weighted by Crippen LogP contribution is 2.34. The molecule has 0 aliphatic carbocycles. The van der Waals surface area contributed by atoms with Gasteiger partial charge in [0.05, 0.1) is 16.1 Å². The molecule has 5 heteroatoms. The Morgan fingerprint density at radius 2 is 1.80 bits per heavy atom. The molecule has 1 rings (SSSR count). The molecule has 20 heavy (non-hydrogen) atoms. The quantitative estimate of drug-likeness (QED) is 0.744. The van der Waals surface area contributed by atoms with Gasteiger partial charge in [0, 0.05) is 19.2 Å². The smallest absolute Gasteiger partial charge is 0.147 e. The minimum absolute atomic E-state index is 0.115. The number of hydrogen-bond acceptors (Lipinski definition) is 3. The maximum atomic E-state index is 9.18. The van der Waals surface area contributed by atoms with Gasteiger partial charge in [-0.3, -0.25) is 0 Å². The summed E-state index contributed by atoms with van der Waals surface area (Å²) in [4.78, 5) is 0. The first-order chi connectivity index (χ1) is 9.29. The number of aliphatic hydroxyl groups is 1. The first-order valence-corrected chi connectivity index (χ1v) is 8.24. The van der Waals surface area contributed by atoms with Crippen molar-refractivity contribution in [3.05, 3.63) is 26.6 Å². The van der Waals surface area contributed by atoms with Gasteiger partial charge in [0.1, 0.15) is 5.75 Å². The van der Waals surface area contributed by atoms with Crippen molar-refractivity contribution in [1.29, 1.82) is 0 Å². The Hall–Kier alpha value is -0.100. The van der Waals surface area contributed by atoms with E-state index in [0.29, 0.717) is 0 Å². The van der Waals surface area contributed by atoms with Gasteiger partial charge in [-0.05, 0) is 61.4 Å². The van der Waals surface area contributed by atoms with E-state index in [0.717, 1.165) is 33.2 Å². The van der Waals surface area contributed by atoms with E-state index in [1.54, 1.807) is 7.11 Å². The molecule has 114 valence electrons. The zero-order valence-corrected chi connectivity index (χ0v) is 15.6. The highest BCUT2D eigenvalue weighted by molar-refractivity contribution is 9.11. The average molecular weight is 409 g/mol. The van der Waals surface area contributed by atoms with Crippen molar-refractivity contribution in [2.45, 2.75) is 39.8 Å². The van der Waals surface area contributed by atoms with Crippen LogP contribution in [0.1, 0.15) is 32.8 Å². The highest BCUT2D eigenvalue weighted by Gasteiger charge is 2.23. The number of halogens is 2. The van der Waals surface area contributed by atoms with Crippen LogP contribution in [0.5, 0.6) is 5.75 Å². The molecule has 0 saturated carbocycles. The van der Waals surface area contributed by atoms with Gasteiger partial charge in [0.25, 0.3) is 0 Å². The number of rotatable bonds is 6. The van der Waals surface area contributed by atoms with Crippen LogP contribution in [-0.4, -0.2) is 24.9 Å². The predicted molar refractivity (Wildman–Crippen MR) is 90.2 cm³/mol. The zero-order chi connectivity index (χ0) is 15.3. The van der Waals surface area contributed by atoms with Crippen molar-refractivity contribution < 1.29 is 9.84 Å². The maximum Gasteiger partial charge on any atom is 0.147 e. The van der Waals surface area contributed by atoms with E-state index in [-0.39, 0.29) is 18.1 Å². The number of benzene rings is 1. The molecule has 1 atom stereocenters. The molecule has 0 radical (unpaired) electrons. The molecular formula is C15H23Br2NO2. The lowest BCUT2D eigenvalue weighted by Gasteiger charge is -2.31. The van der Waals surface area contributed by atoms with E-state index in [2.05, 4.69) is 70.1 Å². The normalized spacial score (nSPS) is 13.3. The van der Waals surface area contributed by atoms with Crippen molar-refractivity contribution in [3.8, 4) is 5.75 Å². The van der Waals surface area contributed by atoms with Crippen LogP contribution in [0.15, 0.2) is 21.1 Å². The van der Waals surface area contributed by atoms with Gasteiger partial charge >= 0.3 is 0 Å². The van der Waals surface area contributed by atoms with Gasteiger partial charge in [-0.2, -0.15) is 0 Å². The second-order valence-corrected chi connectivity index (χ2v) is 7.61. The fourth-order valence-corrected chi connectivity index (χ4v) is 3.73. The lowest BCUT2D eigenvalue weighted by molar-refractivity contribution is 0.196. The van der Waals surface area contributed by atoms with Crippen molar-refractivity contribution in [2.24, 2.45) is 5.41 Å². The van der Waals surface area contributed by atoms with E-state index in [1.807, 2.05) is 0 Å². The molecule has 0 bridgehead atoms. The van der Waals surface area contributed by atoms with Crippen LogP contribution in [0.3, 0.4) is 0 Å². The summed E-state index contributed by atoms with van der Waals surface area (Å²) in [6.07, 6.45) is 0.752. The Morgan fingerprint density at radius 1 is 1.25 bits per heavy atom. The summed E-state index contributed by atoms with van der Waals surface area (Å²) < 4.78 is 7.16. The molecule has 3 nitrogen and oxygen atoms in total. The summed E-state index contributed by atoms with van der Waals surface area (Å²) >= 11 is 7.03. The summed E-state index contributed by atoms with van der Waals surface area (Å²) in [5.41, 5.74) is 1.28. The zero-order valence-electron chi connectivity index (χ0n) is 12.5. The average Bonchev–Trinajstić information content (AvgIpc) is 2.32. The number of aliphatic hydroxyl groups excluding tert-OH is 1. The molecule has 0 fully saturated rings. The van der Waals surface area contributed by atoms with Crippen molar-refractivity contribution in [3.63, 3.8) is 0 Å². The van der Waals surface area contributed by atoms with Gasteiger partial charge in [0.2, 0.25) is 0 Å². The molecule has 0 amide bonds. The van der Waals surface area contributed by atoms with Gasteiger partial charge < -0.3 is 15.2 Å². The third-order valence-corrected chi connectivity index (χ3v) is 4.46. The van der Waals surface area contributed by atoms with Crippen LogP contribution >= 0.6 is 31.9 Å². The van der Waals surface area contributed by atoms with Crippen molar-refractivity contribution in [2.75, 3.05) is 13.7 Å². The maximum absolute atomic E-state index is 9.18. The lowest BCUT2D eigenvalue weighted by atomic mass is 9.85. The first kappa shape index (κ1) is 18.0. The number of methoxy groups -OCH3 is 1. The molecular weight excluding hydrogens is 386 g/mol. The monoisotopic (exact) mass is 407 g/mol. The van der Waals surface area contributed by atoms with Crippen LogP contribution in [0.25, 0.3) is 0 Å². The Balaban J connectivity index is 2.78. The third-order valence-electron chi connectivity index (χ3n) is 3.28. The molecule has 0 saturated heterocycles. The van der Waals surface area contributed by atoms with Gasteiger partial charge in [-0.25, -0.2) is 0 Å². The lowest BCUT2D eigenvalue weighted by Crippen LogP contribution is -2.40. The van der Waals surface area contributed by atoms with Crippen molar-refractivity contribution in [1.82, 2.24) is 5.32 Å². The number of ether oxygens (including phenoxy) is 1. The Morgan fingerprint density at radius 3 is 2.20 bits per heavy atom. The van der Waals surface area contributed by atoms with E-state index in [4.69, 9.17) is 4.74 Å². The van der Waals surface area contributed by atoms with Crippen molar-refractivity contribution >= 4 is 31.9 Å².